The molecule has 0 radical (unpaired) electrons. The average Bonchev–Trinajstić information content (AvgIpc) is 2.76. The Balaban J connectivity index is 2.17. The summed E-state index contributed by atoms with van der Waals surface area (Å²) in [6.45, 7) is 2.69. The van der Waals surface area contributed by atoms with Crippen molar-refractivity contribution >= 4 is 23.3 Å². The van der Waals surface area contributed by atoms with Gasteiger partial charge >= 0.3 is 11.9 Å². The van der Waals surface area contributed by atoms with Crippen LogP contribution >= 0.6 is 0 Å². The Morgan fingerprint density at radius 2 is 1.87 bits per heavy atom. The van der Waals surface area contributed by atoms with Crippen LogP contribution in [0.5, 0.6) is 0 Å². The summed E-state index contributed by atoms with van der Waals surface area (Å²) in [6.07, 6.45) is 3.11. The second kappa shape index (κ2) is 9.46. The molecule has 2 aromatic heterocycles. The Morgan fingerprint density at radius 1 is 1.10 bits per heavy atom. The number of ether oxygens (including phenoxy) is 2. The van der Waals surface area contributed by atoms with Crippen molar-refractivity contribution in [2.24, 2.45) is 0 Å². The van der Waals surface area contributed by atoms with E-state index < -0.39 is 24.3 Å². The molecule has 9 nitrogen and oxygen atoms in total. The molecule has 0 aliphatic carbocycles. The molecule has 0 saturated heterocycles. The zero-order chi connectivity index (χ0) is 21.5. The number of aryl methyl sites for hydroxylation is 1. The van der Waals surface area contributed by atoms with Gasteiger partial charge in [0.2, 0.25) is 6.79 Å². The van der Waals surface area contributed by atoms with Crippen LogP contribution in [0.15, 0.2) is 59.7 Å². The summed E-state index contributed by atoms with van der Waals surface area (Å²) in [5.74, 6) is -1.45. The lowest BCUT2D eigenvalue weighted by Gasteiger charge is -2.16. The summed E-state index contributed by atoms with van der Waals surface area (Å²) in [6, 6.07) is 12.3. The first-order chi connectivity index (χ1) is 14.5. The highest BCUT2D eigenvalue weighted by Crippen LogP contribution is 2.27. The van der Waals surface area contributed by atoms with Crippen LogP contribution in [0.4, 0.5) is 11.4 Å². The fraction of sp³-hybridized carbons (Fsp3) is 0.190. The maximum atomic E-state index is 13.0. The largest absolute Gasteiger partial charge is 0.428 e. The Labute approximate surface area is 172 Å². The molecular weight excluding hydrogens is 388 g/mol. The molecule has 3 rings (SSSR count). The molecule has 1 N–H and O–H groups in total. The van der Waals surface area contributed by atoms with Crippen molar-refractivity contribution in [1.82, 2.24) is 14.8 Å². The molecule has 0 bridgehead atoms. The molecule has 9 heteroatoms. The zero-order valence-electron chi connectivity index (χ0n) is 16.5. The Hall–Kier alpha value is -4.01. The molecule has 0 spiro atoms. The van der Waals surface area contributed by atoms with E-state index in [2.05, 4.69) is 15.4 Å². The third-order valence-corrected chi connectivity index (χ3v) is 4.09. The van der Waals surface area contributed by atoms with Crippen molar-refractivity contribution in [1.29, 1.82) is 0 Å². The van der Waals surface area contributed by atoms with Gasteiger partial charge in [0.1, 0.15) is 16.9 Å². The fourth-order valence-corrected chi connectivity index (χ4v) is 2.72. The monoisotopic (exact) mass is 408 g/mol. The van der Waals surface area contributed by atoms with Gasteiger partial charge in [-0.3, -0.25) is 14.6 Å². The quantitative estimate of drug-likeness (QED) is 0.469. The molecule has 0 aliphatic rings. The zero-order valence-corrected chi connectivity index (χ0v) is 16.5. The summed E-state index contributed by atoms with van der Waals surface area (Å²) < 4.78 is 11.0. The smallest absolute Gasteiger partial charge is 0.345 e. The Kier molecular flexibility index (Phi) is 6.53. The third kappa shape index (κ3) is 4.69. The first-order valence-corrected chi connectivity index (χ1v) is 9.19. The van der Waals surface area contributed by atoms with Crippen molar-refractivity contribution in [3.63, 3.8) is 0 Å². The van der Waals surface area contributed by atoms with Crippen molar-refractivity contribution in [3.8, 4) is 11.3 Å². The van der Waals surface area contributed by atoms with E-state index in [0.717, 1.165) is 0 Å². The average molecular weight is 408 g/mol. The van der Waals surface area contributed by atoms with Crippen LogP contribution in [-0.4, -0.2) is 33.5 Å². The van der Waals surface area contributed by atoms with Gasteiger partial charge in [-0.15, -0.1) is 0 Å². The maximum absolute atomic E-state index is 13.0. The predicted molar refractivity (Wildman–Crippen MR) is 109 cm³/mol. The lowest BCUT2D eigenvalue weighted by molar-refractivity contribution is -0.149. The third-order valence-electron chi connectivity index (χ3n) is 4.09. The molecule has 0 saturated carbocycles. The van der Waals surface area contributed by atoms with Gasteiger partial charge in [-0.25, -0.2) is 9.48 Å². The van der Waals surface area contributed by atoms with Crippen LogP contribution < -0.4 is 10.9 Å². The minimum Gasteiger partial charge on any atom is -0.428 e. The van der Waals surface area contributed by atoms with Crippen molar-refractivity contribution < 1.29 is 19.1 Å². The Morgan fingerprint density at radius 3 is 2.50 bits per heavy atom. The van der Waals surface area contributed by atoms with Gasteiger partial charge in [0.15, 0.2) is 0 Å². The predicted octanol–water partition coefficient (Wildman–Crippen LogP) is 2.75. The highest BCUT2D eigenvalue weighted by molar-refractivity contribution is 6.02. The standard InChI is InChI=1S/C21H20N4O5/c1-3-25-20(27)19(23-16-10-7-11-22-12-16)17(21(28)30-13-29-14(2)26)18(24-25)15-8-5-4-6-9-15/h4-12,23H,3,13H2,1-2H3. The minimum absolute atomic E-state index is 0.00784. The lowest BCUT2D eigenvalue weighted by atomic mass is 10.0. The SMILES string of the molecule is CCn1nc(-c2ccccc2)c(C(=O)OCOC(C)=O)c(Nc2cccnc2)c1=O. The van der Waals surface area contributed by atoms with Crippen LogP contribution in [-0.2, 0) is 20.8 Å². The molecule has 0 atom stereocenters. The maximum Gasteiger partial charge on any atom is 0.345 e. The number of benzene rings is 1. The normalized spacial score (nSPS) is 10.3. The Bertz CT molecular complexity index is 1100. The van der Waals surface area contributed by atoms with Crippen LogP contribution in [0.25, 0.3) is 11.3 Å². The number of rotatable bonds is 7. The summed E-state index contributed by atoms with van der Waals surface area (Å²) in [4.78, 5) is 41.0. The number of carbonyl (C=O) groups is 2. The molecule has 1 aromatic carbocycles. The molecule has 0 amide bonds. The molecule has 0 fully saturated rings. The van der Waals surface area contributed by atoms with E-state index >= 15 is 0 Å². The topological polar surface area (TPSA) is 112 Å². The van der Waals surface area contributed by atoms with E-state index in [1.807, 2.05) is 6.07 Å². The number of anilines is 2. The number of nitrogens with zero attached hydrogens (tertiary/aromatic N) is 3. The van der Waals surface area contributed by atoms with E-state index in [0.29, 0.717) is 17.8 Å². The molecule has 154 valence electrons. The van der Waals surface area contributed by atoms with E-state index in [9.17, 15) is 14.4 Å². The fourth-order valence-electron chi connectivity index (χ4n) is 2.72. The number of hydrogen-bond acceptors (Lipinski definition) is 8. The number of aromatic nitrogens is 3. The van der Waals surface area contributed by atoms with Gasteiger partial charge in [0.25, 0.3) is 5.56 Å². The van der Waals surface area contributed by atoms with Crippen molar-refractivity contribution in [2.45, 2.75) is 20.4 Å². The minimum atomic E-state index is -0.852. The van der Waals surface area contributed by atoms with Gasteiger partial charge in [-0.1, -0.05) is 30.3 Å². The van der Waals surface area contributed by atoms with Crippen LogP contribution in [0.2, 0.25) is 0 Å². The summed E-state index contributed by atoms with van der Waals surface area (Å²) in [5, 5.41) is 7.33. The number of nitrogens with one attached hydrogen (secondary N) is 1. The van der Waals surface area contributed by atoms with Crippen LogP contribution in [0, 0.1) is 0 Å². The molecule has 3 aromatic rings. The molecule has 0 aliphatic heterocycles. The van der Waals surface area contributed by atoms with E-state index in [-0.39, 0.29) is 16.9 Å². The highest BCUT2D eigenvalue weighted by Gasteiger charge is 2.26. The highest BCUT2D eigenvalue weighted by atomic mass is 16.7. The number of pyridine rings is 1. The lowest BCUT2D eigenvalue weighted by Crippen LogP contribution is -2.29. The second-order valence-corrected chi connectivity index (χ2v) is 6.14. The van der Waals surface area contributed by atoms with E-state index in [1.165, 1.54) is 17.8 Å². The van der Waals surface area contributed by atoms with Crippen molar-refractivity contribution in [2.75, 3.05) is 12.1 Å². The number of carbonyl (C=O) groups excluding carboxylic acids is 2. The van der Waals surface area contributed by atoms with E-state index in [4.69, 9.17) is 9.47 Å². The van der Waals surface area contributed by atoms with Gasteiger partial charge in [0.05, 0.1) is 11.9 Å². The summed E-state index contributed by atoms with van der Waals surface area (Å²) in [5.41, 5.74) is 0.819. The van der Waals surface area contributed by atoms with Gasteiger partial charge in [0, 0.05) is 25.2 Å². The molecular formula is C21H20N4O5. The molecule has 2 heterocycles. The molecule has 0 unspecified atom stereocenters. The van der Waals surface area contributed by atoms with Gasteiger partial charge in [-0.2, -0.15) is 5.10 Å². The van der Waals surface area contributed by atoms with E-state index in [1.54, 1.807) is 49.5 Å². The summed E-state index contributed by atoms with van der Waals surface area (Å²) in [7, 11) is 0. The second-order valence-electron chi connectivity index (χ2n) is 6.14. The van der Waals surface area contributed by atoms with Gasteiger partial charge < -0.3 is 14.8 Å². The first-order valence-electron chi connectivity index (χ1n) is 9.19. The van der Waals surface area contributed by atoms with Crippen LogP contribution in [0.3, 0.4) is 0 Å². The van der Waals surface area contributed by atoms with Crippen molar-refractivity contribution in [3.05, 3.63) is 70.8 Å². The van der Waals surface area contributed by atoms with Crippen LogP contribution in [0.1, 0.15) is 24.2 Å². The van der Waals surface area contributed by atoms with Gasteiger partial charge in [-0.05, 0) is 19.1 Å². The first kappa shape index (κ1) is 20.7. The number of esters is 2. The number of hydrogen-bond donors (Lipinski definition) is 1. The molecule has 30 heavy (non-hydrogen) atoms. The summed E-state index contributed by atoms with van der Waals surface area (Å²) >= 11 is 0.